The van der Waals surface area contributed by atoms with E-state index in [0.29, 0.717) is 11.1 Å². The van der Waals surface area contributed by atoms with E-state index in [2.05, 4.69) is 10.2 Å². The number of nitrogens with zero attached hydrogens (tertiary/aromatic N) is 4. The molecule has 0 aliphatic heterocycles. The standard InChI is InChI=1S/C16H12ClF3N4O3/c1-23-14(12(16(18,19)20)13(22-23)27-2)24-7-9(6-21-24)8-3-4-11(17)10(5-8)15(25)26/h3-7H,1-2H3,(H,25,26). The number of benzene rings is 1. The minimum Gasteiger partial charge on any atom is -0.479 e. The molecule has 3 aromatic rings. The summed E-state index contributed by atoms with van der Waals surface area (Å²) in [5.41, 5.74) is -0.349. The van der Waals surface area contributed by atoms with Gasteiger partial charge in [-0.15, -0.1) is 5.10 Å². The molecule has 0 saturated heterocycles. The number of ether oxygens (including phenoxy) is 1. The predicted octanol–water partition coefficient (Wildman–Crippen LogP) is 3.65. The highest BCUT2D eigenvalue weighted by atomic mass is 35.5. The van der Waals surface area contributed by atoms with Gasteiger partial charge in [-0.3, -0.25) is 0 Å². The van der Waals surface area contributed by atoms with Crippen molar-refractivity contribution >= 4 is 17.6 Å². The van der Waals surface area contributed by atoms with Gasteiger partial charge in [-0.25, -0.2) is 14.2 Å². The van der Waals surface area contributed by atoms with Gasteiger partial charge >= 0.3 is 12.1 Å². The van der Waals surface area contributed by atoms with Crippen LogP contribution in [0.4, 0.5) is 13.2 Å². The van der Waals surface area contributed by atoms with E-state index >= 15 is 0 Å². The normalized spacial score (nSPS) is 11.6. The lowest BCUT2D eigenvalue weighted by molar-refractivity contribution is -0.138. The smallest absolute Gasteiger partial charge is 0.425 e. The Kier molecular flexibility index (Phi) is 4.60. The zero-order chi connectivity index (χ0) is 19.9. The van der Waals surface area contributed by atoms with E-state index in [-0.39, 0.29) is 16.4 Å². The lowest BCUT2D eigenvalue weighted by Gasteiger charge is -2.09. The van der Waals surface area contributed by atoms with Gasteiger partial charge in [-0.2, -0.15) is 18.3 Å². The van der Waals surface area contributed by atoms with Crippen molar-refractivity contribution in [1.29, 1.82) is 0 Å². The number of carboxylic acid groups (broad SMARTS) is 1. The van der Waals surface area contributed by atoms with Crippen LogP contribution in [0.5, 0.6) is 5.88 Å². The van der Waals surface area contributed by atoms with Crippen molar-refractivity contribution in [2.75, 3.05) is 7.11 Å². The second kappa shape index (κ2) is 6.62. The molecule has 0 aliphatic carbocycles. The van der Waals surface area contributed by atoms with Gasteiger partial charge in [0.25, 0.3) is 0 Å². The first-order valence-electron chi connectivity index (χ1n) is 7.40. The van der Waals surface area contributed by atoms with Crippen LogP contribution in [0.2, 0.25) is 5.02 Å². The molecule has 0 aliphatic rings. The van der Waals surface area contributed by atoms with Crippen LogP contribution in [0.3, 0.4) is 0 Å². The first-order valence-corrected chi connectivity index (χ1v) is 7.77. The number of rotatable bonds is 4. The minimum atomic E-state index is -4.71. The van der Waals surface area contributed by atoms with Crippen LogP contribution in [0.25, 0.3) is 16.9 Å². The third-order valence-electron chi connectivity index (χ3n) is 3.79. The molecule has 142 valence electrons. The Labute approximate surface area is 155 Å². The van der Waals surface area contributed by atoms with E-state index in [0.717, 1.165) is 16.5 Å². The van der Waals surface area contributed by atoms with Gasteiger partial charge in [-0.05, 0) is 17.7 Å². The number of aromatic nitrogens is 4. The number of hydrogen-bond acceptors (Lipinski definition) is 4. The zero-order valence-electron chi connectivity index (χ0n) is 14.0. The summed E-state index contributed by atoms with van der Waals surface area (Å²) >= 11 is 5.84. The molecule has 0 spiro atoms. The Morgan fingerprint density at radius 1 is 1.30 bits per heavy atom. The number of aryl methyl sites for hydroxylation is 1. The number of methoxy groups -OCH3 is 1. The van der Waals surface area contributed by atoms with Gasteiger partial charge in [0, 0.05) is 18.8 Å². The molecule has 27 heavy (non-hydrogen) atoms. The second-order valence-electron chi connectivity index (χ2n) is 5.50. The van der Waals surface area contributed by atoms with E-state index in [9.17, 15) is 18.0 Å². The van der Waals surface area contributed by atoms with Gasteiger partial charge in [0.1, 0.15) is 0 Å². The Bertz CT molecular complexity index is 1030. The van der Waals surface area contributed by atoms with Crippen molar-refractivity contribution in [2.45, 2.75) is 6.18 Å². The first-order chi connectivity index (χ1) is 12.6. The van der Waals surface area contributed by atoms with Crippen molar-refractivity contribution in [3.63, 3.8) is 0 Å². The van der Waals surface area contributed by atoms with Crippen LogP contribution < -0.4 is 4.74 Å². The Morgan fingerprint density at radius 3 is 2.59 bits per heavy atom. The molecule has 0 saturated carbocycles. The number of aromatic carboxylic acids is 1. The number of halogens is 4. The Morgan fingerprint density at radius 2 is 2.00 bits per heavy atom. The van der Waals surface area contributed by atoms with Crippen molar-refractivity contribution < 1.29 is 27.8 Å². The van der Waals surface area contributed by atoms with Gasteiger partial charge in [0.15, 0.2) is 11.4 Å². The average Bonchev–Trinajstić information content (AvgIpc) is 3.18. The molecule has 0 amide bonds. The van der Waals surface area contributed by atoms with Crippen LogP contribution in [-0.2, 0) is 13.2 Å². The van der Waals surface area contributed by atoms with Gasteiger partial charge in [0.05, 0.1) is 23.9 Å². The van der Waals surface area contributed by atoms with E-state index in [1.807, 2.05) is 0 Å². The van der Waals surface area contributed by atoms with E-state index in [4.69, 9.17) is 21.4 Å². The highest BCUT2D eigenvalue weighted by molar-refractivity contribution is 6.33. The van der Waals surface area contributed by atoms with E-state index in [1.165, 1.54) is 31.6 Å². The number of carboxylic acids is 1. The van der Waals surface area contributed by atoms with E-state index in [1.54, 1.807) is 6.07 Å². The molecule has 1 N–H and O–H groups in total. The maximum Gasteiger partial charge on any atom is 0.425 e. The summed E-state index contributed by atoms with van der Waals surface area (Å²) in [5.74, 6) is -2.13. The fourth-order valence-corrected chi connectivity index (χ4v) is 2.80. The molecule has 0 fully saturated rings. The lowest BCUT2D eigenvalue weighted by atomic mass is 10.1. The fourth-order valence-electron chi connectivity index (χ4n) is 2.60. The molecular weight excluding hydrogens is 389 g/mol. The number of alkyl halides is 3. The lowest BCUT2D eigenvalue weighted by Crippen LogP contribution is -2.13. The van der Waals surface area contributed by atoms with Crippen molar-refractivity contribution in [3.05, 3.63) is 46.7 Å². The van der Waals surface area contributed by atoms with Crippen LogP contribution in [-0.4, -0.2) is 37.7 Å². The summed E-state index contributed by atoms with van der Waals surface area (Å²) in [7, 11) is 2.43. The molecular formula is C16H12ClF3N4O3. The van der Waals surface area contributed by atoms with Crippen LogP contribution >= 0.6 is 11.6 Å². The van der Waals surface area contributed by atoms with Crippen LogP contribution in [0.1, 0.15) is 15.9 Å². The van der Waals surface area contributed by atoms with Crippen molar-refractivity contribution in [2.24, 2.45) is 7.05 Å². The SMILES string of the molecule is COc1nn(C)c(-n2cc(-c3ccc(Cl)c(C(=O)O)c3)cn2)c1C(F)(F)F. The monoisotopic (exact) mass is 400 g/mol. The number of carbonyl (C=O) groups is 1. The first kappa shape index (κ1) is 18.8. The molecule has 3 rings (SSSR count). The summed E-state index contributed by atoms with van der Waals surface area (Å²) in [4.78, 5) is 11.2. The largest absolute Gasteiger partial charge is 0.479 e. The predicted molar refractivity (Wildman–Crippen MR) is 89.3 cm³/mol. The van der Waals surface area contributed by atoms with Crippen LogP contribution in [0, 0.1) is 0 Å². The summed E-state index contributed by atoms with van der Waals surface area (Å²) < 4.78 is 47.1. The third-order valence-corrected chi connectivity index (χ3v) is 4.12. The van der Waals surface area contributed by atoms with Gasteiger partial charge in [-0.1, -0.05) is 17.7 Å². The maximum atomic E-state index is 13.5. The highest BCUT2D eigenvalue weighted by Crippen LogP contribution is 2.40. The molecule has 0 radical (unpaired) electrons. The maximum absolute atomic E-state index is 13.5. The third kappa shape index (κ3) is 3.35. The average molecular weight is 401 g/mol. The van der Waals surface area contributed by atoms with Gasteiger partial charge < -0.3 is 9.84 Å². The van der Waals surface area contributed by atoms with Crippen molar-refractivity contribution in [1.82, 2.24) is 19.6 Å². The molecule has 11 heteroatoms. The minimum absolute atomic E-state index is 0.0503. The summed E-state index contributed by atoms with van der Waals surface area (Å²) in [6, 6.07) is 4.26. The van der Waals surface area contributed by atoms with E-state index < -0.39 is 23.6 Å². The fraction of sp³-hybridized carbons (Fsp3) is 0.188. The number of hydrogen-bond donors (Lipinski definition) is 1. The summed E-state index contributed by atoms with van der Waals surface area (Å²) in [6.07, 6.45) is -2.06. The Balaban J connectivity index is 2.12. The van der Waals surface area contributed by atoms with Gasteiger partial charge in [0.2, 0.25) is 5.88 Å². The molecule has 1 aromatic carbocycles. The molecule has 7 nitrogen and oxygen atoms in total. The molecule has 0 bridgehead atoms. The van der Waals surface area contributed by atoms with Crippen LogP contribution in [0.15, 0.2) is 30.6 Å². The summed E-state index contributed by atoms with van der Waals surface area (Å²) in [5, 5.41) is 16.9. The molecule has 2 aromatic heterocycles. The quantitative estimate of drug-likeness (QED) is 0.723. The van der Waals surface area contributed by atoms with Crippen molar-refractivity contribution in [3.8, 4) is 22.8 Å². The summed E-state index contributed by atoms with van der Waals surface area (Å²) in [6.45, 7) is 0. The zero-order valence-corrected chi connectivity index (χ0v) is 14.7. The molecule has 2 heterocycles. The highest BCUT2D eigenvalue weighted by Gasteiger charge is 2.41. The molecule has 0 unspecified atom stereocenters. The second-order valence-corrected chi connectivity index (χ2v) is 5.91. The Hall–Kier alpha value is -3.01. The topological polar surface area (TPSA) is 82.2 Å². The molecule has 0 atom stereocenters.